The zero-order valence-electron chi connectivity index (χ0n) is 14.3. The van der Waals surface area contributed by atoms with E-state index in [-0.39, 0.29) is 18.0 Å². The molecule has 0 spiro atoms. The van der Waals surface area contributed by atoms with Gasteiger partial charge in [0.15, 0.2) is 0 Å². The molecule has 0 aliphatic carbocycles. The van der Waals surface area contributed by atoms with Crippen LogP contribution in [-0.2, 0) is 19.9 Å². The molecule has 2 aliphatic rings. The Balaban J connectivity index is 1.89. The molecule has 2 aliphatic heterocycles. The molecule has 3 rings (SSSR count). The van der Waals surface area contributed by atoms with Gasteiger partial charge < -0.3 is 4.74 Å². The summed E-state index contributed by atoms with van der Waals surface area (Å²) in [5, 5.41) is 11.0. The summed E-state index contributed by atoms with van der Waals surface area (Å²) in [4.78, 5) is 18.5. The molecule has 2 heterocycles. The van der Waals surface area contributed by atoms with Crippen LogP contribution in [0.3, 0.4) is 0 Å². The summed E-state index contributed by atoms with van der Waals surface area (Å²) in [6.07, 6.45) is 4.18. The molecule has 0 amide bonds. The molecule has 0 aromatic heterocycles. The van der Waals surface area contributed by atoms with Gasteiger partial charge in [-0.3, -0.25) is 9.63 Å². The number of benzene rings is 1. The van der Waals surface area contributed by atoms with Crippen molar-refractivity contribution in [3.63, 3.8) is 0 Å². The maximum atomic E-state index is 12.4. The van der Waals surface area contributed by atoms with E-state index in [1.807, 2.05) is 36.3 Å². The van der Waals surface area contributed by atoms with E-state index < -0.39 is 5.54 Å². The van der Waals surface area contributed by atoms with Crippen LogP contribution in [0.2, 0.25) is 0 Å². The number of hydrogen-bond acceptors (Lipinski definition) is 5. The molecule has 0 saturated carbocycles. The van der Waals surface area contributed by atoms with E-state index in [0.29, 0.717) is 18.7 Å². The Hall–Kier alpha value is -1.90. The first kappa shape index (κ1) is 16.9. The van der Waals surface area contributed by atoms with Gasteiger partial charge in [-0.05, 0) is 31.0 Å². The third kappa shape index (κ3) is 2.70. The van der Waals surface area contributed by atoms with Crippen LogP contribution in [-0.4, -0.2) is 30.3 Å². The van der Waals surface area contributed by atoms with Crippen molar-refractivity contribution in [2.75, 3.05) is 13.2 Å². The Morgan fingerprint density at radius 2 is 2.17 bits per heavy atom. The highest BCUT2D eigenvalue weighted by atomic mass is 16.7. The SMILES string of the molecule is CCCC[C@@H]1C[C@@]2(c3ccc(C#N)cc3)[C@@H](C(=O)OCC)CN2O1. The van der Waals surface area contributed by atoms with Crippen molar-refractivity contribution in [3.05, 3.63) is 35.4 Å². The second-order valence-corrected chi connectivity index (χ2v) is 6.55. The Kier molecular flexibility index (Phi) is 4.88. The lowest BCUT2D eigenvalue weighted by atomic mass is 9.68. The maximum Gasteiger partial charge on any atom is 0.312 e. The standard InChI is InChI=1S/C19H24N2O3/c1-3-5-6-16-11-19(15-9-7-14(12-20)8-10-15)17(13-21(19)24-16)18(22)23-4-2/h7-10,16-17H,3-6,11,13H2,1-2H3/t16-,17-,19-/m1/s1. The molecule has 0 bridgehead atoms. The average Bonchev–Trinajstić information content (AvgIpc) is 2.86. The monoisotopic (exact) mass is 328 g/mol. The van der Waals surface area contributed by atoms with E-state index >= 15 is 0 Å². The molecular weight excluding hydrogens is 304 g/mol. The van der Waals surface area contributed by atoms with Crippen LogP contribution in [0.4, 0.5) is 0 Å². The van der Waals surface area contributed by atoms with Gasteiger partial charge in [-0.1, -0.05) is 31.9 Å². The van der Waals surface area contributed by atoms with Crippen molar-refractivity contribution >= 4 is 5.97 Å². The Morgan fingerprint density at radius 1 is 1.42 bits per heavy atom. The number of carbonyl (C=O) groups is 1. The number of nitrogens with zero attached hydrogens (tertiary/aromatic N) is 2. The average molecular weight is 328 g/mol. The summed E-state index contributed by atoms with van der Waals surface area (Å²) in [5.74, 6) is -0.366. The van der Waals surface area contributed by atoms with E-state index in [1.54, 1.807) is 0 Å². The van der Waals surface area contributed by atoms with Crippen molar-refractivity contribution in [1.29, 1.82) is 5.26 Å². The van der Waals surface area contributed by atoms with Crippen LogP contribution in [0.5, 0.6) is 0 Å². The third-order valence-corrected chi connectivity index (χ3v) is 5.15. The lowest BCUT2D eigenvalue weighted by Crippen LogP contribution is -2.63. The lowest BCUT2D eigenvalue weighted by Gasteiger charge is -2.51. The summed E-state index contributed by atoms with van der Waals surface area (Å²) < 4.78 is 5.29. The summed E-state index contributed by atoms with van der Waals surface area (Å²) in [6, 6.07) is 9.65. The van der Waals surface area contributed by atoms with Crippen LogP contribution in [0, 0.1) is 17.2 Å². The predicted molar refractivity (Wildman–Crippen MR) is 88.7 cm³/mol. The van der Waals surface area contributed by atoms with Crippen LogP contribution in [0.1, 0.15) is 50.7 Å². The van der Waals surface area contributed by atoms with E-state index in [2.05, 4.69) is 13.0 Å². The highest BCUT2D eigenvalue weighted by Gasteiger charge is 2.64. The van der Waals surface area contributed by atoms with Crippen LogP contribution in [0.15, 0.2) is 24.3 Å². The Morgan fingerprint density at radius 3 is 2.79 bits per heavy atom. The van der Waals surface area contributed by atoms with Gasteiger partial charge >= 0.3 is 5.97 Å². The second kappa shape index (κ2) is 6.92. The van der Waals surface area contributed by atoms with E-state index in [1.165, 1.54) is 0 Å². The fourth-order valence-electron chi connectivity index (χ4n) is 3.88. The fourth-order valence-corrected chi connectivity index (χ4v) is 3.88. The zero-order chi connectivity index (χ0) is 17.2. The van der Waals surface area contributed by atoms with Crippen LogP contribution in [0.25, 0.3) is 0 Å². The summed E-state index contributed by atoms with van der Waals surface area (Å²) in [5.41, 5.74) is 1.21. The van der Waals surface area contributed by atoms with Crippen molar-refractivity contribution in [2.45, 2.75) is 51.2 Å². The van der Waals surface area contributed by atoms with Gasteiger partial charge in [0.1, 0.15) is 0 Å². The minimum absolute atomic E-state index is 0.139. The van der Waals surface area contributed by atoms with Crippen LogP contribution >= 0.6 is 0 Å². The largest absolute Gasteiger partial charge is 0.466 e. The van der Waals surface area contributed by atoms with Crippen molar-refractivity contribution in [2.24, 2.45) is 5.92 Å². The number of esters is 1. The van der Waals surface area contributed by atoms with E-state index in [9.17, 15) is 4.79 Å². The van der Waals surface area contributed by atoms with Crippen molar-refractivity contribution < 1.29 is 14.4 Å². The molecule has 1 aromatic rings. The van der Waals surface area contributed by atoms with Gasteiger partial charge in [-0.2, -0.15) is 10.3 Å². The summed E-state index contributed by atoms with van der Waals surface area (Å²) in [7, 11) is 0. The van der Waals surface area contributed by atoms with Gasteiger partial charge in [0.2, 0.25) is 0 Å². The zero-order valence-corrected chi connectivity index (χ0v) is 14.3. The number of nitriles is 1. The maximum absolute atomic E-state index is 12.4. The molecule has 2 saturated heterocycles. The molecule has 1 aromatic carbocycles. The number of rotatable bonds is 6. The number of carbonyl (C=O) groups excluding carboxylic acids is 1. The molecule has 24 heavy (non-hydrogen) atoms. The highest BCUT2D eigenvalue weighted by Crippen LogP contribution is 2.54. The number of ether oxygens (including phenoxy) is 1. The normalized spacial score (nSPS) is 28.7. The predicted octanol–water partition coefficient (Wildman–Crippen LogP) is 3.14. The fraction of sp³-hybridized carbons (Fsp3) is 0.579. The first-order chi connectivity index (χ1) is 11.7. The van der Waals surface area contributed by atoms with Gasteiger partial charge in [0, 0.05) is 13.0 Å². The van der Waals surface area contributed by atoms with E-state index in [4.69, 9.17) is 14.8 Å². The molecule has 0 unspecified atom stereocenters. The van der Waals surface area contributed by atoms with Crippen LogP contribution < -0.4 is 0 Å². The third-order valence-electron chi connectivity index (χ3n) is 5.15. The molecule has 3 atom stereocenters. The quantitative estimate of drug-likeness (QED) is 0.751. The first-order valence-corrected chi connectivity index (χ1v) is 8.77. The number of unbranched alkanes of at least 4 members (excludes halogenated alkanes) is 1. The number of fused-ring (bicyclic) bond motifs is 1. The number of hydrogen-bond donors (Lipinski definition) is 0. The molecule has 128 valence electrons. The Bertz CT molecular complexity index is 637. The van der Waals surface area contributed by atoms with Gasteiger partial charge in [-0.25, -0.2) is 0 Å². The van der Waals surface area contributed by atoms with E-state index in [0.717, 1.165) is 31.2 Å². The number of hydroxylamine groups is 2. The van der Waals surface area contributed by atoms with Crippen molar-refractivity contribution in [1.82, 2.24) is 5.06 Å². The van der Waals surface area contributed by atoms with Crippen molar-refractivity contribution in [3.8, 4) is 6.07 Å². The first-order valence-electron chi connectivity index (χ1n) is 8.77. The highest BCUT2D eigenvalue weighted by molar-refractivity contribution is 5.76. The lowest BCUT2D eigenvalue weighted by molar-refractivity contribution is -0.269. The minimum Gasteiger partial charge on any atom is -0.466 e. The minimum atomic E-state index is -0.446. The topological polar surface area (TPSA) is 62.6 Å². The van der Waals surface area contributed by atoms with Gasteiger partial charge in [0.25, 0.3) is 0 Å². The second-order valence-electron chi connectivity index (χ2n) is 6.55. The Labute approximate surface area is 143 Å². The van der Waals surface area contributed by atoms with Gasteiger partial charge in [0.05, 0.1) is 35.8 Å². The van der Waals surface area contributed by atoms with Gasteiger partial charge in [-0.15, -0.1) is 0 Å². The molecular formula is C19H24N2O3. The molecule has 0 N–H and O–H groups in total. The molecule has 2 fully saturated rings. The molecule has 5 heteroatoms. The summed E-state index contributed by atoms with van der Waals surface area (Å²) >= 11 is 0. The summed E-state index contributed by atoms with van der Waals surface area (Å²) in [6.45, 7) is 4.96. The molecule has 5 nitrogen and oxygen atoms in total. The smallest absolute Gasteiger partial charge is 0.312 e. The molecule has 0 radical (unpaired) electrons.